The Balaban J connectivity index is 1.57. The lowest BCUT2D eigenvalue weighted by Crippen LogP contribution is -2.39. The van der Waals surface area contributed by atoms with Crippen molar-refractivity contribution in [2.24, 2.45) is 0 Å². The number of nitrogens with zero attached hydrogens (tertiary/aromatic N) is 2. The van der Waals surface area contributed by atoms with E-state index in [-0.39, 0.29) is 24.1 Å². The molecule has 0 saturated heterocycles. The van der Waals surface area contributed by atoms with E-state index in [1.54, 1.807) is 6.07 Å². The quantitative estimate of drug-likeness (QED) is 0.500. The van der Waals surface area contributed by atoms with Crippen LogP contribution in [0.25, 0.3) is 16.5 Å². The Kier molecular flexibility index (Phi) is 5.41. The number of fused-ring (bicyclic) bond motifs is 1. The summed E-state index contributed by atoms with van der Waals surface area (Å²) in [5.41, 5.74) is -0.0307. The van der Waals surface area contributed by atoms with Gasteiger partial charge < -0.3 is 4.74 Å². The Bertz CT molecular complexity index is 1140. The molecule has 10 heteroatoms. The summed E-state index contributed by atoms with van der Waals surface area (Å²) in [7, 11) is 1.48. The van der Waals surface area contributed by atoms with Crippen molar-refractivity contribution in [3.63, 3.8) is 0 Å². The standard InChI is InChI=1S/C22H17F6N3O/c1-30-20(16-8-17(21(23,24)25)11-18(9-16)22(26,27)28)12-31(29-30)13-32-19-7-6-14-4-2-3-5-15(14)10-19/h2-12,29H,13H2,1H3. The lowest BCUT2D eigenvalue weighted by atomic mass is 10.0. The fourth-order valence-electron chi connectivity index (χ4n) is 3.35. The zero-order valence-corrected chi connectivity index (χ0v) is 16.6. The maximum absolute atomic E-state index is 13.2. The van der Waals surface area contributed by atoms with Gasteiger partial charge >= 0.3 is 12.4 Å². The maximum atomic E-state index is 13.2. The van der Waals surface area contributed by atoms with Crippen molar-refractivity contribution in [1.82, 2.24) is 15.6 Å². The summed E-state index contributed by atoms with van der Waals surface area (Å²) in [5, 5.41) is 4.74. The number of rotatable bonds is 4. The number of alkyl halides is 6. The summed E-state index contributed by atoms with van der Waals surface area (Å²) in [4.78, 5) is 0. The van der Waals surface area contributed by atoms with Gasteiger partial charge in [0.05, 0.1) is 16.8 Å². The molecule has 168 valence electrons. The topological polar surface area (TPSA) is 27.7 Å². The molecule has 0 spiro atoms. The summed E-state index contributed by atoms with van der Waals surface area (Å²) in [6.45, 7) is -0.0305. The first kappa shape index (κ1) is 21.8. The highest BCUT2D eigenvalue weighted by Crippen LogP contribution is 2.38. The number of hydrazine groups is 2. The number of hydrogen-bond acceptors (Lipinski definition) is 4. The van der Waals surface area contributed by atoms with E-state index in [2.05, 4.69) is 5.53 Å². The molecular formula is C22H17F6N3O. The minimum atomic E-state index is -4.92. The van der Waals surface area contributed by atoms with Gasteiger partial charge in [-0.05, 0) is 41.1 Å². The summed E-state index contributed by atoms with van der Waals surface area (Å²) in [6.07, 6.45) is -8.45. The van der Waals surface area contributed by atoms with Gasteiger partial charge in [-0.25, -0.2) is 0 Å². The third-order valence-electron chi connectivity index (χ3n) is 4.89. The van der Waals surface area contributed by atoms with Crippen molar-refractivity contribution in [2.45, 2.75) is 12.4 Å². The summed E-state index contributed by atoms with van der Waals surface area (Å²) >= 11 is 0. The molecule has 0 saturated carbocycles. The van der Waals surface area contributed by atoms with Crippen molar-refractivity contribution < 1.29 is 31.1 Å². The lowest BCUT2D eigenvalue weighted by Gasteiger charge is -2.21. The largest absolute Gasteiger partial charge is 0.472 e. The Labute approximate surface area is 179 Å². The van der Waals surface area contributed by atoms with E-state index in [0.29, 0.717) is 17.9 Å². The molecule has 1 aliphatic rings. The van der Waals surface area contributed by atoms with Crippen LogP contribution in [0.2, 0.25) is 0 Å². The van der Waals surface area contributed by atoms with Crippen LogP contribution >= 0.6 is 0 Å². The van der Waals surface area contributed by atoms with Crippen molar-refractivity contribution in [1.29, 1.82) is 0 Å². The third-order valence-corrected chi connectivity index (χ3v) is 4.89. The highest BCUT2D eigenvalue weighted by atomic mass is 19.4. The molecule has 1 heterocycles. The van der Waals surface area contributed by atoms with Crippen LogP contribution in [0.1, 0.15) is 16.7 Å². The molecule has 1 aliphatic heterocycles. The lowest BCUT2D eigenvalue weighted by molar-refractivity contribution is -0.143. The fraction of sp³-hybridized carbons (Fsp3) is 0.182. The monoisotopic (exact) mass is 453 g/mol. The molecule has 32 heavy (non-hydrogen) atoms. The molecule has 0 aromatic heterocycles. The van der Waals surface area contributed by atoms with Gasteiger partial charge in [0.2, 0.25) is 0 Å². The van der Waals surface area contributed by atoms with Gasteiger partial charge in [-0.2, -0.15) is 26.3 Å². The molecule has 3 aromatic rings. The molecule has 0 fully saturated rings. The van der Waals surface area contributed by atoms with Gasteiger partial charge in [-0.3, -0.25) is 10.0 Å². The molecule has 0 amide bonds. The molecule has 1 N–H and O–H groups in total. The number of ether oxygens (including phenoxy) is 1. The molecule has 0 atom stereocenters. The van der Waals surface area contributed by atoms with Gasteiger partial charge in [0.15, 0.2) is 6.73 Å². The van der Waals surface area contributed by atoms with Crippen LogP contribution in [-0.4, -0.2) is 23.8 Å². The molecule has 4 nitrogen and oxygen atoms in total. The normalized spacial score (nSPS) is 14.8. The predicted molar refractivity (Wildman–Crippen MR) is 107 cm³/mol. The van der Waals surface area contributed by atoms with Gasteiger partial charge in [-0.1, -0.05) is 30.3 Å². The minimum Gasteiger partial charge on any atom is -0.472 e. The Morgan fingerprint density at radius 3 is 2.06 bits per heavy atom. The van der Waals surface area contributed by atoms with Crippen LogP contribution in [-0.2, 0) is 12.4 Å². The van der Waals surface area contributed by atoms with Crippen molar-refractivity contribution in [3.05, 3.63) is 83.6 Å². The maximum Gasteiger partial charge on any atom is 0.416 e. The molecule has 4 rings (SSSR count). The average Bonchev–Trinajstić information content (AvgIpc) is 3.11. The van der Waals surface area contributed by atoms with Crippen LogP contribution in [0, 0.1) is 0 Å². The summed E-state index contributed by atoms with van der Waals surface area (Å²) < 4.78 is 84.7. The molecule has 0 bridgehead atoms. The zero-order chi connectivity index (χ0) is 23.1. The van der Waals surface area contributed by atoms with E-state index in [1.807, 2.05) is 36.4 Å². The zero-order valence-electron chi connectivity index (χ0n) is 16.6. The fourth-order valence-corrected chi connectivity index (χ4v) is 3.35. The smallest absolute Gasteiger partial charge is 0.416 e. The first-order valence-corrected chi connectivity index (χ1v) is 9.41. The van der Waals surface area contributed by atoms with Crippen LogP contribution in [0.4, 0.5) is 26.3 Å². The molecule has 0 unspecified atom stereocenters. The highest BCUT2D eigenvalue weighted by molar-refractivity contribution is 5.83. The first-order valence-electron chi connectivity index (χ1n) is 9.41. The summed E-state index contributed by atoms with van der Waals surface area (Å²) in [6, 6.07) is 14.7. The predicted octanol–water partition coefficient (Wildman–Crippen LogP) is 5.88. The number of halogens is 6. The third kappa shape index (κ3) is 4.59. The minimum absolute atomic E-state index is 0.0305. The van der Waals surface area contributed by atoms with E-state index >= 15 is 0 Å². The Hall–Kier alpha value is -3.40. The van der Waals surface area contributed by atoms with Gasteiger partial charge in [-0.15, -0.1) is 5.53 Å². The average molecular weight is 453 g/mol. The van der Waals surface area contributed by atoms with E-state index < -0.39 is 23.5 Å². The van der Waals surface area contributed by atoms with E-state index in [0.717, 1.165) is 10.8 Å². The first-order chi connectivity index (χ1) is 15.0. The summed E-state index contributed by atoms with van der Waals surface area (Å²) in [5.74, 6) is 0.563. The second-order valence-electron chi connectivity index (χ2n) is 7.22. The Morgan fingerprint density at radius 2 is 1.44 bits per heavy atom. The second kappa shape index (κ2) is 7.94. The molecule has 0 radical (unpaired) electrons. The van der Waals surface area contributed by atoms with Crippen LogP contribution < -0.4 is 10.3 Å². The van der Waals surface area contributed by atoms with Crippen molar-refractivity contribution in [3.8, 4) is 5.75 Å². The van der Waals surface area contributed by atoms with E-state index in [9.17, 15) is 26.3 Å². The van der Waals surface area contributed by atoms with E-state index in [4.69, 9.17) is 4.74 Å². The van der Waals surface area contributed by atoms with Gasteiger partial charge in [0.25, 0.3) is 0 Å². The van der Waals surface area contributed by atoms with Crippen LogP contribution in [0.15, 0.2) is 66.9 Å². The van der Waals surface area contributed by atoms with Crippen LogP contribution in [0.3, 0.4) is 0 Å². The molecule has 3 aromatic carbocycles. The SMILES string of the molecule is CN1NN(COc2ccc3ccccc3c2)C=C1c1cc(C(F)(F)F)cc(C(F)(F)F)c1. The van der Waals surface area contributed by atoms with Crippen LogP contribution in [0.5, 0.6) is 5.75 Å². The van der Waals surface area contributed by atoms with Crippen molar-refractivity contribution in [2.75, 3.05) is 13.8 Å². The van der Waals surface area contributed by atoms with E-state index in [1.165, 1.54) is 23.3 Å². The highest BCUT2D eigenvalue weighted by Gasteiger charge is 2.37. The van der Waals surface area contributed by atoms with Gasteiger partial charge in [0.1, 0.15) is 5.75 Å². The molecule has 0 aliphatic carbocycles. The second-order valence-corrected chi connectivity index (χ2v) is 7.22. The van der Waals surface area contributed by atoms with Crippen molar-refractivity contribution >= 4 is 16.5 Å². The number of nitrogens with one attached hydrogen (secondary N) is 1. The number of benzene rings is 3. The Morgan fingerprint density at radius 1 is 0.812 bits per heavy atom. The van der Waals surface area contributed by atoms with Gasteiger partial charge in [0, 0.05) is 18.8 Å². The molecular weight excluding hydrogens is 436 g/mol. The number of hydrogen-bond donors (Lipinski definition) is 1.